The van der Waals surface area contributed by atoms with Crippen LogP contribution in [0, 0.1) is 0 Å². The van der Waals surface area contributed by atoms with Gasteiger partial charge in [0, 0.05) is 4.48 Å². The number of hydrogen-bond acceptors (Lipinski definition) is 3. The third kappa shape index (κ3) is 3.80. The lowest BCUT2D eigenvalue weighted by molar-refractivity contribution is 0.0697. The summed E-state index contributed by atoms with van der Waals surface area (Å²) < 4.78 is 1.53. The highest BCUT2D eigenvalue weighted by atomic mass is 79.9. The van der Waals surface area contributed by atoms with Crippen LogP contribution in [0.5, 0.6) is 0 Å². The summed E-state index contributed by atoms with van der Waals surface area (Å²) in [7, 11) is 0. The predicted molar refractivity (Wildman–Crippen MR) is 83.6 cm³/mol. The smallest absolute Gasteiger partial charge is 0.335 e. The van der Waals surface area contributed by atoms with Gasteiger partial charge in [-0.15, -0.1) is 23.5 Å². The first kappa shape index (κ1) is 14.0. The Kier molecular flexibility index (Phi) is 5.21. The van der Waals surface area contributed by atoms with Crippen LogP contribution in [0.4, 0.5) is 0 Å². The van der Waals surface area contributed by atoms with Crippen molar-refractivity contribution in [3.05, 3.63) is 41.5 Å². The maximum Gasteiger partial charge on any atom is 0.335 e. The van der Waals surface area contributed by atoms with Gasteiger partial charge in [0.1, 0.15) is 0 Å². The molecule has 0 saturated carbocycles. The summed E-state index contributed by atoms with van der Waals surface area (Å²) in [5.41, 5.74) is 1.34. The molecule has 1 saturated heterocycles. The highest BCUT2D eigenvalue weighted by molar-refractivity contribution is 9.15. The number of carboxylic acid groups (broad SMARTS) is 1. The molecule has 0 aliphatic carbocycles. The van der Waals surface area contributed by atoms with E-state index in [1.165, 1.54) is 17.9 Å². The van der Waals surface area contributed by atoms with Gasteiger partial charge in [-0.2, -0.15) is 0 Å². The van der Waals surface area contributed by atoms with Crippen molar-refractivity contribution < 1.29 is 9.90 Å². The van der Waals surface area contributed by atoms with Gasteiger partial charge >= 0.3 is 5.97 Å². The molecule has 0 spiro atoms. The molecular formula is C13H13BrO2S2. The second-order valence-electron chi connectivity index (χ2n) is 3.86. The molecule has 1 aromatic carbocycles. The monoisotopic (exact) mass is 344 g/mol. The number of aromatic carboxylic acids is 1. The minimum atomic E-state index is -0.889. The molecule has 1 heterocycles. The minimum absolute atomic E-state index is 0.320. The first-order valence-corrected chi connectivity index (χ1v) is 8.50. The van der Waals surface area contributed by atoms with E-state index >= 15 is 0 Å². The lowest BCUT2D eigenvalue weighted by Gasteiger charge is -2.18. The van der Waals surface area contributed by atoms with Gasteiger partial charge in [0.2, 0.25) is 0 Å². The van der Waals surface area contributed by atoms with E-state index in [2.05, 4.69) is 22.0 Å². The predicted octanol–water partition coefficient (Wildman–Crippen LogP) is 4.32. The molecule has 0 aromatic heterocycles. The summed E-state index contributed by atoms with van der Waals surface area (Å²) >= 11 is 7.48. The summed E-state index contributed by atoms with van der Waals surface area (Å²) in [4.78, 5) is 10.8. The summed E-state index contributed by atoms with van der Waals surface area (Å²) in [6, 6.07) is 6.94. The molecule has 1 aliphatic rings. The van der Waals surface area contributed by atoms with Gasteiger partial charge in [-0.05, 0) is 41.7 Å². The van der Waals surface area contributed by atoms with E-state index in [0.29, 0.717) is 10.1 Å². The molecule has 18 heavy (non-hydrogen) atoms. The number of carboxylic acids is 1. The Morgan fingerprint density at radius 1 is 1.22 bits per heavy atom. The summed E-state index contributed by atoms with van der Waals surface area (Å²) in [6.45, 7) is 0. The zero-order chi connectivity index (χ0) is 13.0. The summed E-state index contributed by atoms with van der Waals surface area (Å²) in [5.74, 6) is 1.54. The van der Waals surface area contributed by atoms with Crippen LogP contribution in [0.2, 0.25) is 0 Å². The molecule has 0 unspecified atom stereocenters. The van der Waals surface area contributed by atoms with E-state index in [1.54, 1.807) is 12.1 Å². The number of carbonyl (C=O) groups is 1. The van der Waals surface area contributed by atoms with Crippen LogP contribution in [-0.4, -0.2) is 27.2 Å². The van der Waals surface area contributed by atoms with Gasteiger partial charge in [0.15, 0.2) is 0 Å². The van der Waals surface area contributed by atoms with Crippen LogP contribution in [-0.2, 0) is 0 Å². The second-order valence-corrected chi connectivity index (χ2v) is 7.51. The van der Waals surface area contributed by atoms with E-state index in [-0.39, 0.29) is 0 Å². The average molecular weight is 345 g/mol. The fourth-order valence-corrected chi connectivity index (χ4v) is 5.16. The molecule has 96 valence electrons. The highest BCUT2D eigenvalue weighted by Crippen LogP contribution is 2.35. The van der Waals surface area contributed by atoms with Gasteiger partial charge in [-0.25, -0.2) is 4.79 Å². The van der Waals surface area contributed by atoms with E-state index in [1.807, 2.05) is 35.7 Å². The first-order chi connectivity index (χ1) is 8.66. The van der Waals surface area contributed by atoms with Crippen molar-refractivity contribution in [3.8, 4) is 0 Å². The zero-order valence-corrected chi connectivity index (χ0v) is 12.9. The Bertz CT molecular complexity index is 451. The lowest BCUT2D eigenvalue weighted by Crippen LogP contribution is -2.03. The van der Waals surface area contributed by atoms with Crippen LogP contribution >= 0.6 is 39.5 Å². The molecule has 0 bridgehead atoms. The molecule has 1 fully saturated rings. The molecule has 1 aliphatic heterocycles. The fraction of sp³-hybridized carbons (Fsp3) is 0.308. The van der Waals surface area contributed by atoms with E-state index in [9.17, 15) is 4.79 Å². The molecule has 5 heteroatoms. The number of hydrogen-bond donors (Lipinski definition) is 1. The molecule has 1 aromatic rings. The Labute approximate surface area is 123 Å². The molecule has 2 nitrogen and oxygen atoms in total. The molecule has 0 radical (unpaired) electrons. The number of rotatable bonds is 3. The number of halogens is 1. The molecular weight excluding hydrogens is 332 g/mol. The Morgan fingerprint density at radius 2 is 1.78 bits per heavy atom. The van der Waals surface area contributed by atoms with Crippen molar-refractivity contribution in [1.82, 2.24) is 0 Å². The topological polar surface area (TPSA) is 37.3 Å². The van der Waals surface area contributed by atoms with Crippen LogP contribution in [0.15, 0.2) is 30.3 Å². The van der Waals surface area contributed by atoms with Crippen molar-refractivity contribution >= 4 is 49.9 Å². The second kappa shape index (κ2) is 6.68. The van der Waals surface area contributed by atoms with Crippen molar-refractivity contribution in [3.63, 3.8) is 0 Å². The van der Waals surface area contributed by atoms with E-state index in [0.717, 1.165) is 10.0 Å². The molecule has 1 N–H and O–H groups in total. The van der Waals surface area contributed by atoms with E-state index in [4.69, 9.17) is 5.11 Å². The third-order valence-electron chi connectivity index (χ3n) is 2.54. The summed E-state index contributed by atoms with van der Waals surface area (Å²) in [6.07, 6.45) is 3.48. The van der Waals surface area contributed by atoms with Crippen LogP contribution in [0.1, 0.15) is 22.3 Å². The quantitative estimate of drug-likeness (QED) is 0.885. The largest absolute Gasteiger partial charge is 0.478 e. The lowest BCUT2D eigenvalue weighted by atomic mass is 10.1. The fourth-order valence-electron chi connectivity index (χ4n) is 1.59. The summed E-state index contributed by atoms with van der Waals surface area (Å²) in [5, 5.41) is 8.84. The number of benzene rings is 1. The van der Waals surface area contributed by atoms with Crippen LogP contribution < -0.4 is 0 Å². The van der Waals surface area contributed by atoms with E-state index < -0.39 is 5.97 Å². The third-order valence-corrected chi connectivity index (χ3v) is 6.06. The Balaban J connectivity index is 2.09. The maximum atomic E-state index is 10.8. The zero-order valence-electron chi connectivity index (χ0n) is 9.64. The van der Waals surface area contributed by atoms with Crippen molar-refractivity contribution in [1.29, 1.82) is 0 Å². The van der Waals surface area contributed by atoms with Gasteiger partial charge in [0.25, 0.3) is 0 Å². The molecule has 2 rings (SSSR count). The van der Waals surface area contributed by atoms with Gasteiger partial charge in [0.05, 0.1) is 10.1 Å². The van der Waals surface area contributed by atoms with Gasteiger partial charge in [-0.1, -0.05) is 28.1 Å². The van der Waals surface area contributed by atoms with Crippen LogP contribution in [0.3, 0.4) is 0 Å². The van der Waals surface area contributed by atoms with Gasteiger partial charge in [-0.3, -0.25) is 0 Å². The maximum absolute atomic E-state index is 10.8. The molecule has 0 amide bonds. The number of thioether (sulfide) groups is 2. The SMILES string of the molecule is O=C(O)c1ccc(C(Br)=CC2SCCCS2)cc1. The molecule has 0 atom stereocenters. The normalized spacial score (nSPS) is 17.7. The first-order valence-electron chi connectivity index (χ1n) is 5.61. The van der Waals surface area contributed by atoms with Crippen molar-refractivity contribution in [2.45, 2.75) is 11.0 Å². The average Bonchev–Trinajstić information content (AvgIpc) is 2.40. The van der Waals surface area contributed by atoms with Gasteiger partial charge < -0.3 is 5.11 Å². The highest BCUT2D eigenvalue weighted by Gasteiger charge is 2.13. The Morgan fingerprint density at radius 3 is 2.33 bits per heavy atom. The van der Waals surface area contributed by atoms with Crippen molar-refractivity contribution in [2.75, 3.05) is 11.5 Å². The van der Waals surface area contributed by atoms with Crippen LogP contribution in [0.25, 0.3) is 4.48 Å². The Hall–Kier alpha value is -0.390. The standard InChI is InChI=1S/C13H13BrO2S2/c14-11(8-12-17-6-1-7-18-12)9-2-4-10(5-3-9)13(15)16/h2-5,8,12H,1,6-7H2,(H,15,16). The van der Waals surface area contributed by atoms with Crippen molar-refractivity contribution in [2.24, 2.45) is 0 Å². The minimum Gasteiger partial charge on any atom is -0.478 e.